The van der Waals surface area contributed by atoms with Crippen LogP contribution in [0.3, 0.4) is 0 Å². The predicted octanol–water partition coefficient (Wildman–Crippen LogP) is 5.13. The Hall–Kier alpha value is -1.10. The molecule has 0 aliphatic heterocycles. The van der Waals surface area contributed by atoms with Gasteiger partial charge >= 0.3 is 0 Å². The number of rotatable bonds is 3. The normalized spacial score (nSPS) is 28.7. The van der Waals surface area contributed by atoms with Gasteiger partial charge in [0.1, 0.15) is 0 Å². The Morgan fingerprint density at radius 1 is 1.14 bits per heavy atom. The van der Waals surface area contributed by atoms with Gasteiger partial charge in [-0.15, -0.1) is 0 Å². The van der Waals surface area contributed by atoms with Crippen LogP contribution in [-0.2, 0) is 0 Å². The van der Waals surface area contributed by atoms with E-state index < -0.39 is 0 Å². The molecule has 4 nitrogen and oxygen atoms in total. The maximum absolute atomic E-state index is 11.0. The SMILES string of the molecule is O=[N+]([O-])c1cc(NC2CCC3CCCCC3C2)ccc1Br. The van der Waals surface area contributed by atoms with Crippen molar-refractivity contribution in [1.82, 2.24) is 0 Å². The largest absolute Gasteiger partial charge is 0.382 e. The Labute approximate surface area is 133 Å². The van der Waals surface area contributed by atoms with Crippen LogP contribution in [0.15, 0.2) is 22.7 Å². The number of nitrogens with one attached hydrogen (secondary N) is 1. The van der Waals surface area contributed by atoms with Crippen LogP contribution in [-0.4, -0.2) is 11.0 Å². The second kappa shape index (κ2) is 6.34. The smallest absolute Gasteiger partial charge is 0.285 e. The first-order valence-electron chi connectivity index (χ1n) is 7.84. The molecule has 0 bridgehead atoms. The minimum atomic E-state index is -0.340. The van der Waals surface area contributed by atoms with Crippen LogP contribution >= 0.6 is 15.9 Å². The van der Waals surface area contributed by atoms with E-state index in [1.54, 1.807) is 12.1 Å². The summed E-state index contributed by atoms with van der Waals surface area (Å²) in [6.45, 7) is 0. The van der Waals surface area contributed by atoms with Crippen LogP contribution in [0.5, 0.6) is 0 Å². The van der Waals surface area contributed by atoms with E-state index in [2.05, 4.69) is 21.2 Å². The molecule has 3 unspecified atom stereocenters. The Bertz CT molecular complexity index is 535. The van der Waals surface area contributed by atoms with Gasteiger partial charge in [-0.3, -0.25) is 10.1 Å². The van der Waals surface area contributed by atoms with E-state index in [9.17, 15) is 10.1 Å². The van der Waals surface area contributed by atoms with E-state index in [0.717, 1.165) is 17.5 Å². The fourth-order valence-electron chi connectivity index (χ4n) is 3.98. The quantitative estimate of drug-likeness (QED) is 0.606. The molecule has 2 saturated carbocycles. The van der Waals surface area contributed by atoms with Gasteiger partial charge in [0, 0.05) is 17.8 Å². The van der Waals surface area contributed by atoms with Crippen molar-refractivity contribution in [3.8, 4) is 0 Å². The third kappa shape index (κ3) is 3.39. The Balaban J connectivity index is 1.66. The fourth-order valence-corrected chi connectivity index (χ4v) is 4.37. The first kappa shape index (κ1) is 14.8. The lowest BCUT2D eigenvalue weighted by Crippen LogP contribution is -2.34. The summed E-state index contributed by atoms with van der Waals surface area (Å²) >= 11 is 3.23. The van der Waals surface area contributed by atoms with Gasteiger partial charge in [-0.2, -0.15) is 0 Å². The Morgan fingerprint density at radius 3 is 2.67 bits per heavy atom. The topological polar surface area (TPSA) is 55.2 Å². The molecule has 114 valence electrons. The average molecular weight is 353 g/mol. The van der Waals surface area contributed by atoms with Crippen molar-refractivity contribution in [3.05, 3.63) is 32.8 Å². The minimum absolute atomic E-state index is 0.131. The van der Waals surface area contributed by atoms with Gasteiger partial charge in [0.05, 0.1) is 9.40 Å². The number of hydrogen-bond donors (Lipinski definition) is 1. The number of nitrogens with zero attached hydrogens (tertiary/aromatic N) is 1. The molecule has 0 aromatic heterocycles. The van der Waals surface area contributed by atoms with Crippen LogP contribution < -0.4 is 5.32 Å². The molecule has 0 saturated heterocycles. The maximum Gasteiger partial charge on any atom is 0.285 e. The number of benzene rings is 1. The van der Waals surface area contributed by atoms with Crippen molar-refractivity contribution in [2.45, 2.75) is 51.0 Å². The third-order valence-corrected chi connectivity index (χ3v) is 5.72. The minimum Gasteiger partial charge on any atom is -0.382 e. The highest BCUT2D eigenvalue weighted by Gasteiger charge is 2.32. The highest BCUT2D eigenvalue weighted by atomic mass is 79.9. The Morgan fingerprint density at radius 2 is 1.90 bits per heavy atom. The molecule has 2 aliphatic carbocycles. The second-order valence-electron chi connectivity index (χ2n) is 6.38. The summed E-state index contributed by atoms with van der Waals surface area (Å²) in [7, 11) is 0. The molecule has 1 aromatic rings. The lowest BCUT2D eigenvalue weighted by molar-refractivity contribution is -0.385. The van der Waals surface area contributed by atoms with Gasteiger partial charge in [0.2, 0.25) is 0 Å². The number of hydrogen-bond acceptors (Lipinski definition) is 3. The molecule has 0 amide bonds. The molecule has 2 aliphatic rings. The summed E-state index contributed by atoms with van der Waals surface area (Å²) < 4.78 is 0.536. The molecule has 0 heterocycles. The molecule has 0 radical (unpaired) electrons. The highest BCUT2D eigenvalue weighted by Crippen LogP contribution is 2.41. The van der Waals surface area contributed by atoms with Crippen molar-refractivity contribution in [3.63, 3.8) is 0 Å². The molecule has 3 rings (SSSR count). The monoisotopic (exact) mass is 352 g/mol. The fraction of sp³-hybridized carbons (Fsp3) is 0.625. The summed E-state index contributed by atoms with van der Waals surface area (Å²) in [5, 5.41) is 14.5. The summed E-state index contributed by atoms with van der Waals surface area (Å²) in [4.78, 5) is 10.7. The van der Waals surface area contributed by atoms with Crippen LogP contribution in [0.25, 0.3) is 0 Å². The van der Waals surface area contributed by atoms with Crippen LogP contribution in [0.2, 0.25) is 0 Å². The van der Waals surface area contributed by atoms with Crippen molar-refractivity contribution >= 4 is 27.3 Å². The lowest BCUT2D eigenvalue weighted by Gasteiger charge is -2.39. The van der Waals surface area contributed by atoms with Crippen LogP contribution in [0.4, 0.5) is 11.4 Å². The molecule has 5 heteroatoms. The first-order valence-corrected chi connectivity index (χ1v) is 8.63. The van der Waals surface area contributed by atoms with E-state index in [1.165, 1.54) is 44.9 Å². The predicted molar refractivity (Wildman–Crippen MR) is 87.5 cm³/mol. The lowest BCUT2D eigenvalue weighted by atomic mass is 9.69. The number of halogens is 1. The summed E-state index contributed by atoms with van der Waals surface area (Å²) in [6, 6.07) is 5.78. The third-order valence-electron chi connectivity index (χ3n) is 5.05. The van der Waals surface area contributed by atoms with Gasteiger partial charge < -0.3 is 5.32 Å². The van der Waals surface area contributed by atoms with E-state index in [1.807, 2.05) is 6.07 Å². The summed E-state index contributed by atoms with van der Waals surface area (Å²) in [5.74, 6) is 1.78. The zero-order valence-corrected chi connectivity index (χ0v) is 13.6. The number of nitro benzene ring substituents is 1. The zero-order valence-electron chi connectivity index (χ0n) is 12.1. The molecule has 3 atom stereocenters. The van der Waals surface area contributed by atoms with Crippen LogP contribution in [0, 0.1) is 22.0 Å². The Kier molecular flexibility index (Phi) is 4.48. The second-order valence-corrected chi connectivity index (χ2v) is 7.24. The van der Waals surface area contributed by atoms with Crippen molar-refractivity contribution in [2.24, 2.45) is 11.8 Å². The van der Waals surface area contributed by atoms with E-state index in [0.29, 0.717) is 10.5 Å². The molecular formula is C16H21BrN2O2. The van der Waals surface area contributed by atoms with Crippen molar-refractivity contribution in [1.29, 1.82) is 0 Å². The number of nitro groups is 1. The molecule has 1 aromatic carbocycles. The van der Waals surface area contributed by atoms with Crippen molar-refractivity contribution in [2.75, 3.05) is 5.32 Å². The maximum atomic E-state index is 11.0. The zero-order chi connectivity index (χ0) is 14.8. The molecule has 2 fully saturated rings. The standard InChI is InChI=1S/C16H21BrN2O2/c17-15-8-7-14(10-16(15)19(20)21)18-13-6-5-11-3-1-2-4-12(11)9-13/h7-8,10-13,18H,1-6,9H2. The van der Waals surface area contributed by atoms with Gasteiger partial charge in [0.15, 0.2) is 0 Å². The van der Waals surface area contributed by atoms with Gasteiger partial charge in [-0.25, -0.2) is 0 Å². The van der Waals surface area contributed by atoms with Gasteiger partial charge in [0.25, 0.3) is 5.69 Å². The molecule has 1 N–H and O–H groups in total. The summed E-state index contributed by atoms with van der Waals surface area (Å²) in [6.07, 6.45) is 9.25. The molecular weight excluding hydrogens is 332 g/mol. The van der Waals surface area contributed by atoms with E-state index >= 15 is 0 Å². The number of fused-ring (bicyclic) bond motifs is 1. The summed E-state index contributed by atoms with van der Waals surface area (Å²) in [5.41, 5.74) is 0.996. The molecule has 0 spiro atoms. The highest BCUT2D eigenvalue weighted by molar-refractivity contribution is 9.10. The first-order chi connectivity index (χ1) is 10.1. The van der Waals surface area contributed by atoms with E-state index in [-0.39, 0.29) is 10.6 Å². The molecule has 21 heavy (non-hydrogen) atoms. The van der Waals surface area contributed by atoms with Crippen LogP contribution in [0.1, 0.15) is 44.9 Å². The number of anilines is 1. The van der Waals surface area contributed by atoms with Gasteiger partial charge in [-0.1, -0.05) is 25.7 Å². The van der Waals surface area contributed by atoms with Gasteiger partial charge in [-0.05, 0) is 59.2 Å². The van der Waals surface area contributed by atoms with E-state index in [4.69, 9.17) is 0 Å². The average Bonchev–Trinajstić information content (AvgIpc) is 2.49. The van der Waals surface area contributed by atoms with Crippen molar-refractivity contribution < 1.29 is 4.92 Å².